The third-order valence-electron chi connectivity index (χ3n) is 6.40. The lowest BCUT2D eigenvalue weighted by atomic mass is 9.78. The number of amides is 1. The summed E-state index contributed by atoms with van der Waals surface area (Å²) < 4.78 is 5.36. The molecule has 2 atom stereocenters. The van der Waals surface area contributed by atoms with E-state index >= 15 is 0 Å². The number of rotatable bonds is 6. The van der Waals surface area contributed by atoms with Crippen LogP contribution in [0.3, 0.4) is 0 Å². The molecule has 1 amide bonds. The molecule has 2 aliphatic rings. The van der Waals surface area contributed by atoms with Crippen molar-refractivity contribution >= 4 is 17.6 Å². The number of likely N-dealkylation sites (tertiary alicyclic amines) is 1. The number of carbonyl (C=O) groups excluding carboxylic acids is 1. The summed E-state index contributed by atoms with van der Waals surface area (Å²) in [7, 11) is 1.66. The summed E-state index contributed by atoms with van der Waals surface area (Å²) in [5.41, 5.74) is 4.02. The third kappa shape index (κ3) is 4.79. The molecule has 2 heterocycles. The van der Waals surface area contributed by atoms with Gasteiger partial charge in [-0.15, -0.1) is 0 Å². The number of benzene rings is 2. The molecule has 2 aliphatic heterocycles. The van der Waals surface area contributed by atoms with Crippen LogP contribution in [-0.2, 0) is 11.2 Å². The van der Waals surface area contributed by atoms with Crippen LogP contribution < -0.4 is 4.74 Å². The molecule has 2 aromatic rings. The molecule has 4 rings (SSSR count). The van der Waals surface area contributed by atoms with Gasteiger partial charge in [0.25, 0.3) is 5.91 Å². The number of carboxylic acid groups (broad SMARTS) is 1. The lowest BCUT2D eigenvalue weighted by molar-refractivity contribution is -0.138. The van der Waals surface area contributed by atoms with Crippen LogP contribution in [0.5, 0.6) is 5.75 Å². The van der Waals surface area contributed by atoms with Crippen molar-refractivity contribution < 1.29 is 19.4 Å². The summed E-state index contributed by atoms with van der Waals surface area (Å²) >= 11 is 0. The molecule has 1 saturated heterocycles. The van der Waals surface area contributed by atoms with Gasteiger partial charge in [0, 0.05) is 37.3 Å². The number of piperidine rings is 1. The van der Waals surface area contributed by atoms with Gasteiger partial charge in [0.1, 0.15) is 5.75 Å². The molecule has 0 aromatic heterocycles. The van der Waals surface area contributed by atoms with Gasteiger partial charge in [-0.25, -0.2) is 0 Å². The Hall–Kier alpha value is -3.15. The highest BCUT2D eigenvalue weighted by atomic mass is 16.5. The van der Waals surface area contributed by atoms with Crippen LogP contribution >= 0.6 is 0 Å². The van der Waals surface area contributed by atoms with Gasteiger partial charge in [-0.1, -0.05) is 18.2 Å². The molecule has 0 saturated carbocycles. The minimum Gasteiger partial charge on any atom is -0.497 e. The Kier molecular flexibility index (Phi) is 6.35. The highest BCUT2D eigenvalue weighted by Crippen LogP contribution is 2.33. The highest BCUT2D eigenvalue weighted by Gasteiger charge is 2.34. The van der Waals surface area contributed by atoms with E-state index in [0.29, 0.717) is 31.5 Å². The minimum atomic E-state index is -0.784. The van der Waals surface area contributed by atoms with Gasteiger partial charge in [-0.05, 0) is 72.6 Å². The van der Waals surface area contributed by atoms with Crippen molar-refractivity contribution in [3.63, 3.8) is 0 Å². The number of nitrogens with zero attached hydrogens (tertiary/aromatic N) is 2. The second-order valence-corrected chi connectivity index (χ2v) is 8.33. The molecule has 2 aromatic carbocycles. The Morgan fingerprint density at radius 1 is 1.16 bits per heavy atom. The first-order chi connectivity index (χ1) is 15.0. The molecule has 0 radical (unpaired) electrons. The summed E-state index contributed by atoms with van der Waals surface area (Å²) in [6, 6.07) is 15.3. The lowest BCUT2D eigenvalue weighted by Crippen LogP contribution is -2.45. The first kappa shape index (κ1) is 21.1. The predicted octanol–water partition coefficient (Wildman–Crippen LogP) is 3.68. The molecule has 162 valence electrons. The molecule has 0 bridgehead atoms. The van der Waals surface area contributed by atoms with E-state index in [2.05, 4.69) is 6.07 Å². The van der Waals surface area contributed by atoms with Crippen LogP contribution in [-0.4, -0.2) is 54.3 Å². The zero-order valence-electron chi connectivity index (χ0n) is 17.8. The van der Waals surface area contributed by atoms with Gasteiger partial charge in [0.15, 0.2) is 0 Å². The first-order valence-corrected chi connectivity index (χ1v) is 10.8. The van der Waals surface area contributed by atoms with Gasteiger partial charge in [-0.3, -0.25) is 14.6 Å². The monoisotopic (exact) mass is 420 g/mol. The molecule has 6 nitrogen and oxygen atoms in total. The highest BCUT2D eigenvalue weighted by molar-refractivity contribution is 6.03. The van der Waals surface area contributed by atoms with Crippen molar-refractivity contribution in [3.8, 4) is 5.75 Å². The van der Waals surface area contributed by atoms with Crippen LogP contribution in [0.4, 0.5) is 0 Å². The van der Waals surface area contributed by atoms with Crippen molar-refractivity contribution in [2.45, 2.75) is 25.7 Å². The van der Waals surface area contributed by atoms with Crippen LogP contribution in [0.25, 0.3) is 0 Å². The first-order valence-electron chi connectivity index (χ1n) is 10.8. The number of hydrogen-bond donors (Lipinski definition) is 1. The van der Waals surface area contributed by atoms with Crippen LogP contribution in [0, 0.1) is 11.8 Å². The maximum atomic E-state index is 13.0. The molecule has 0 spiro atoms. The Labute approximate surface area is 182 Å². The number of ether oxygens (including phenoxy) is 1. The molecule has 1 N–H and O–H groups in total. The molecular formula is C25H28N2O4. The van der Waals surface area contributed by atoms with E-state index in [1.165, 1.54) is 5.56 Å². The average Bonchev–Trinajstić information content (AvgIpc) is 2.79. The average molecular weight is 421 g/mol. The standard InChI is InChI=1S/C25H28N2O4/c1-31-21-7-8-22-19(13-21)9-11-26-23(22)14-20-16-27(12-10-18(20)15-24(28)29)25(30)17-5-3-2-4-6-17/h2-8,13,18,20H,9-12,14-16H2,1H3,(H,28,29). The quantitative estimate of drug-likeness (QED) is 0.773. The second kappa shape index (κ2) is 9.33. The number of carbonyl (C=O) groups is 2. The van der Waals surface area contributed by atoms with E-state index < -0.39 is 5.97 Å². The topological polar surface area (TPSA) is 79.2 Å². The molecule has 2 unspecified atom stereocenters. The summed E-state index contributed by atoms with van der Waals surface area (Å²) in [5.74, 6) is 0.151. The molecule has 1 fully saturated rings. The van der Waals surface area contributed by atoms with E-state index in [4.69, 9.17) is 9.73 Å². The van der Waals surface area contributed by atoms with E-state index in [-0.39, 0.29) is 24.2 Å². The fraction of sp³-hybridized carbons (Fsp3) is 0.400. The molecular weight excluding hydrogens is 392 g/mol. The number of aliphatic carboxylic acids is 1. The van der Waals surface area contributed by atoms with Gasteiger partial charge < -0.3 is 14.7 Å². The molecule has 31 heavy (non-hydrogen) atoms. The number of methoxy groups -OCH3 is 1. The summed E-state index contributed by atoms with van der Waals surface area (Å²) in [5, 5.41) is 9.43. The van der Waals surface area contributed by atoms with E-state index in [0.717, 1.165) is 30.0 Å². The normalized spacial score (nSPS) is 20.5. The lowest BCUT2D eigenvalue weighted by Gasteiger charge is -2.39. The maximum Gasteiger partial charge on any atom is 0.303 e. The maximum absolute atomic E-state index is 13.0. The second-order valence-electron chi connectivity index (χ2n) is 8.33. The van der Waals surface area contributed by atoms with Crippen LogP contribution in [0.1, 0.15) is 40.7 Å². The van der Waals surface area contributed by atoms with E-state index in [1.54, 1.807) is 7.11 Å². The van der Waals surface area contributed by atoms with Crippen LogP contribution in [0.2, 0.25) is 0 Å². The summed E-state index contributed by atoms with van der Waals surface area (Å²) in [4.78, 5) is 31.1. The van der Waals surface area contributed by atoms with Crippen molar-refractivity contribution in [1.29, 1.82) is 0 Å². The largest absolute Gasteiger partial charge is 0.497 e. The van der Waals surface area contributed by atoms with Gasteiger partial charge >= 0.3 is 5.97 Å². The third-order valence-corrected chi connectivity index (χ3v) is 6.40. The number of aliphatic imine (C=N–C) groups is 1. The van der Waals surface area contributed by atoms with Crippen molar-refractivity contribution in [3.05, 3.63) is 65.2 Å². The van der Waals surface area contributed by atoms with Gasteiger partial charge in [0.2, 0.25) is 0 Å². The summed E-state index contributed by atoms with van der Waals surface area (Å²) in [6.45, 7) is 1.86. The molecule has 6 heteroatoms. The number of fused-ring (bicyclic) bond motifs is 1. The predicted molar refractivity (Wildman–Crippen MR) is 119 cm³/mol. The van der Waals surface area contributed by atoms with E-state index in [1.807, 2.05) is 47.4 Å². The fourth-order valence-electron chi connectivity index (χ4n) is 4.76. The zero-order valence-corrected chi connectivity index (χ0v) is 17.8. The fourth-order valence-corrected chi connectivity index (χ4v) is 4.76. The Morgan fingerprint density at radius 2 is 1.97 bits per heavy atom. The van der Waals surface area contributed by atoms with Crippen molar-refractivity contribution in [2.24, 2.45) is 16.8 Å². The number of hydrogen-bond acceptors (Lipinski definition) is 4. The van der Waals surface area contributed by atoms with Crippen LogP contribution in [0.15, 0.2) is 53.5 Å². The Morgan fingerprint density at radius 3 is 2.71 bits per heavy atom. The van der Waals surface area contributed by atoms with Gasteiger partial charge in [0.05, 0.1) is 7.11 Å². The van der Waals surface area contributed by atoms with Crippen molar-refractivity contribution in [2.75, 3.05) is 26.7 Å². The number of carboxylic acids is 1. The summed E-state index contributed by atoms with van der Waals surface area (Å²) in [6.07, 6.45) is 2.37. The van der Waals surface area contributed by atoms with Gasteiger partial charge in [-0.2, -0.15) is 0 Å². The molecule has 0 aliphatic carbocycles. The zero-order chi connectivity index (χ0) is 21.8. The van der Waals surface area contributed by atoms with Crippen molar-refractivity contribution in [1.82, 2.24) is 4.90 Å². The SMILES string of the molecule is COc1ccc2c(c1)CCN=C2CC1CN(C(=O)c2ccccc2)CCC1CC(=O)O. The Bertz CT molecular complexity index is 986. The smallest absolute Gasteiger partial charge is 0.303 e. The minimum absolute atomic E-state index is 0.00935. The Balaban J connectivity index is 1.55. The van der Waals surface area contributed by atoms with E-state index in [9.17, 15) is 14.7 Å².